The van der Waals surface area contributed by atoms with Gasteiger partial charge in [0.2, 0.25) is 0 Å². The summed E-state index contributed by atoms with van der Waals surface area (Å²) in [5, 5.41) is 10.00. The van der Waals surface area contributed by atoms with Gasteiger partial charge in [0.25, 0.3) is 0 Å². The third-order valence-electron chi connectivity index (χ3n) is 3.41. The first-order valence-electron chi connectivity index (χ1n) is 6.84. The molecule has 0 bridgehead atoms. The zero-order valence-electron chi connectivity index (χ0n) is 11.3. The van der Waals surface area contributed by atoms with E-state index in [1.54, 1.807) is 0 Å². The van der Waals surface area contributed by atoms with Gasteiger partial charge in [-0.1, -0.05) is 0 Å². The number of ether oxygens (including phenoxy) is 1. The maximum Gasteiger partial charge on any atom is 0.0900 e. The number of rotatable bonds is 6. The van der Waals surface area contributed by atoms with Crippen molar-refractivity contribution in [2.75, 3.05) is 19.7 Å². The van der Waals surface area contributed by atoms with Crippen molar-refractivity contribution >= 4 is 0 Å². The second-order valence-electron chi connectivity index (χ2n) is 5.31. The Morgan fingerprint density at radius 2 is 2.39 bits per heavy atom. The molecule has 0 amide bonds. The monoisotopic (exact) mass is 252 g/mol. The Morgan fingerprint density at radius 1 is 1.56 bits per heavy atom. The number of β-amino-alcohol motifs (C(OH)–C–C–N with tert-alkyl or cyclic N) is 1. The van der Waals surface area contributed by atoms with Gasteiger partial charge >= 0.3 is 0 Å². The molecular weight excluding hydrogens is 228 g/mol. The first kappa shape index (κ1) is 13.6. The predicted molar refractivity (Wildman–Crippen MR) is 71.4 cm³/mol. The fourth-order valence-electron chi connectivity index (χ4n) is 2.58. The lowest BCUT2D eigenvalue weighted by atomic mass is 10.1. The van der Waals surface area contributed by atoms with E-state index in [1.807, 2.05) is 26.1 Å². The molecule has 1 aromatic rings. The van der Waals surface area contributed by atoms with Gasteiger partial charge in [0.1, 0.15) is 0 Å². The molecule has 1 aliphatic heterocycles. The number of hydrogen-bond donors (Lipinski definition) is 2. The van der Waals surface area contributed by atoms with Gasteiger partial charge in [0.05, 0.1) is 18.8 Å². The Labute approximate surface area is 109 Å². The van der Waals surface area contributed by atoms with E-state index in [0.29, 0.717) is 19.2 Å². The lowest BCUT2D eigenvalue weighted by molar-refractivity contribution is -0.0103. The van der Waals surface area contributed by atoms with Crippen molar-refractivity contribution in [1.82, 2.24) is 9.88 Å². The van der Waals surface area contributed by atoms with Gasteiger partial charge < -0.3 is 14.8 Å². The quantitative estimate of drug-likeness (QED) is 0.813. The minimum Gasteiger partial charge on any atom is -0.389 e. The Morgan fingerprint density at radius 3 is 3.06 bits per heavy atom. The lowest BCUT2D eigenvalue weighted by Crippen LogP contribution is -2.35. The van der Waals surface area contributed by atoms with E-state index in [0.717, 1.165) is 13.0 Å². The minimum absolute atomic E-state index is 0.178. The Hall–Kier alpha value is -0.840. The largest absolute Gasteiger partial charge is 0.389 e. The first-order chi connectivity index (χ1) is 8.66. The second kappa shape index (κ2) is 6.36. The van der Waals surface area contributed by atoms with Crippen LogP contribution in [0.2, 0.25) is 0 Å². The van der Waals surface area contributed by atoms with Crippen LogP contribution in [0.3, 0.4) is 0 Å². The standard InChI is InChI=1S/C14H24N2O2/c1-11(2)18-10-12(17)9-16-8-4-6-14(16)13-5-3-7-15-13/h3,5,7,11-12,14-15,17H,4,6,8-10H2,1-2H3. The SMILES string of the molecule is CC(C)OCC(O)CN1CCCC1c1ccc[nH]1. The third kappa shape index (κ3) is 3.57. The molecule has 1 saturated heterocycles. The van der Waals surface area contributed by atoms with Crippen molar-refractivity contribution in [2.24, 2.45) is 0 Å². The highest BCUT2D eigenvalue weighted by molar-refractivity contribution is 5.11. The maximum atomic E-state index is 10.00. The second-order valence-corrected chi connectivity index (χ2v) is 5.31. The van der Waals surface area contributed by atoms with Crippen molar-refractivity contribution in [3.8, 4) is 0 Å². The molecule has 0 aromatic carbocycles. The number of aromatic nitrogens is 1. The summed E-state index contributed by atoms with van der Waals surface area (Å²) in [6.07, 6.45) is 4.10. The fraction of sp³-hybridized carbons (Fsp3) is 0.714. The number of H-pyrrole nitrogens is 1. The topological polar surface area (TPSA) is 48.5 Å². The van der Waals surface area contributed by atoms with E-state index >= 15 is 0 Å². The number of aliphatic hydroxyl groups excluding tert-OH is 1. The summed E-state index contributed by atoms with van der Waals surface area (Å²) in [7, 11) is 0. The van der Waals surface area contributed by atoms with Crippen LogP contribution >= 0.6 is 0 Å². The van der Waals surface area contributed by atoms with Crippen LogP contribution in [0.15, 0.2) is 18.3 Å². The number of nitrogens with zero attached hydrogens (tertiary/aromatic N) is 1. The lowest BCUT2D eigenvalue weighted by Gasteiger charge is -2.26. The Balaban J connectivity index is 1.84. The zero-order valence-corrected chi connectivity index (χ0v) is 11.3. The van der Waals surface area contributed by atoms with E-state index in [4.69, 9.17) is 4.74 Å². The Bertz CT molecular complexity index is 338. The maximum absolute atomic E-state index is 10.00. The smallest absolute Gasteiger partial charge is 0.0900 e. The van der Waals surface area contributed by atoms with E-state index in [1.165, 1.54) is 12.1 Å². The molecule has 4 heteroatoms. The van der Waals surface area contributed by atoms with Gasteiger partial charge in [-0.15, -0.1) is 0 Å². The van der Waals surface area contributed by atoms with Crippen LogP contribution in [0.25, 0.3) is 0 Å². The minimum atomic E-state index is -0.400. The van der Waals surface area contributed by atoms with E-state index in [2.05, 4.69) is 16.0 Å². The van der Waals surface area contributed by atoms with Crippen molar-refractivity contribution in [2.45, 2.75) is 44.9 Å². The normalized spacial score (nSPS) is 22.8. The van der Waals surface area contributed by atoms with Crippen LogP contribution in [0.4, 0.5) is 0 Å². The average Bonchev–Trinajstić information content (AvgIpc) is 2.95. The average molecular weight is 252 g/mol. The molecule has 2 N–H and O–H groups in total. The predicted octanol–water partition coefficient (Wildman–Crippen LogP) is 1.94. The van der Waals surface area contributed by atoms with Gasteiger partial charge in [-0.25, -0.2) is 0 Å². The molecule has 2 rings (SSSR count). The van der Waals surface area contributed by atoms with Gasteiger partial charge in [-0.2, -0.15) is 0 Å². The summed E-state index contributed by atoms with van der Waals surface area (Å²) >= 11 is 0. The van der Waals surface area contributed by atoms with Crippen LogP contribution in [-0.4, -0.2) is 46.9 Å². The van der Waals surface area contributed by atoms with Crippen LogP contribution in [0.1, 0.15) is 38.4 Å². The molecule has 0 aliphatic carbocycles. The highest BCUT2D eigenvalue weighted by Gasteiger charge is 2.28. The third-order valence-corrected chi connectivity index (χ3v) is 3.41. The van der Waals surface area contributed by atoms with Crippen molar-refractivity contribution in [3.05, 3.63) is 24.0 Å². The molecule has 2 unspecified atom stereocenters. The number of aromatic amines is 1. The molecule has 2 atom stereocenters. The van der Waals surface area contributed by atoms with E-state index < -0.39 is 6.10 Å². The van der Waals surface area contributed by atoms with Crippen LogP contribution < -0.4 is 0 Å². The summed E-state index contributed by atoms with van der Waals surface area (Å²) in [6, 6.07) is 4.58. The van der Waals surface area contributed by atoms with Crippen molar-refractivity contribution in [3.63, 3.8) is 0 Å². The first-order valence-corrected chi connectivity index (χ1v) is 6.84. The number of likely N-dealkylation sites (tertiary alicyclic amines) is 1. The van der Waals surface area contributed by atoms with E-state index in [9.17, 15) is 5.11 Å². The highest BCUT2D eigenvalue weighted by atomic mass is 16.5. The molecule has 1 fully saturated rings. The molecule has 0 radical (unpaired) electrons. The van der Waals surface area contributed by atoms with Crippen molar-refractivity contribution in [1.29, 1.82) is 0 Å². The van der Waals surface area contributed by atoms with Gasteiger partial charge in [0.15, 0.2) is 0 Å². The zero-order chi connectivity index (χ0) is 13.0. The molecule has 1 aromatic heterocycles. The molecular formula is C14H24N2O2. The Kier molecular flexibility index (Phi) is 4.80. The molecule has 18 heavy (non-hydrogen) atoms. The summed E-state index contributed by atoms with van der Waals surface area (Å²) in [4.78, 5) is 5.63. The van der Waals surface area contributed by atoms with Crippen LogP contribution in [0.5, 0.6) is 0 Å². The van der Waals surface area contributed by atoms with Gasteiger partial charge in [-0.05, 0) is 45.4 Å². The number of hydrogen-bond acceptors (Lipinski definition) is 3. The number of nitrogens with one attached hydrogen (secondary N) is 1. The fourth-order valence-corrected chi connectivity index (χ4v) is 2.58. The van der Waals surface area contributed by atoms with Gasteiger partial charge in [-0.3, -0.25) is 4.90 Å². The van der Waals surface area contributed by atoms with Crippen LogP contribution in [0, 0.1) is 0 Å². The summed E-state index contributed by atoms with van der Waals surface area (Å²) in [5.74, 6) is 0. The summed E-state index contributed by atoms with van der Waals surface area (Å²) in [6.45, 7) is 6.15. The summed E-state index contributed by atoms with van der Waals surface area (Å²) < 4.78 is 5.46. The van der Waals surface area contributed by atoms with E-state index in [-0.39, 0.29) is 6.10 Å². The molecule has 102 valence electrons. The van der Waals surface area contributed by atoms with Crippen LogP contribution in [-0.2, 0) is 4.74 Å². The molecule has 4 nitrogen and oxygen atoms in total. The highest BCUT2D eigenvalue weighted by Crippen LogP contribution is 2.30. The molecule has 0 spiro atoms. The summed E-state index contributed by atoms with van der Waals surface area (Å²) in [5.41, 5.74) is 1.25. The number of aliphatic hydroxyl groups is 1. The molecule has 0 saturated carbocycles. The van der Waals surface area contributed by atoms with Crippen molar-refractivity contribution < 1.29 is 9.84 Å². The van der Waals surface area contributed by atoms with Gasteiger partial charge in [0, 0.05) is 24.5 Å². The molecule has 1 aliphatic rings. The molecule has 2 heterocycles.